The second-order valence-electron chi connectivity index (χ2n) is 6.49. The highest BCUT2D eigenvalue weighted by Crippen LogP contribution is 2.31. The molecule has 0 unspecified atom stereocenters. The van der Waals surface area contributed by atoms with E-state index in [4.69, 9.17) is 0 Å². The summed E-state index contributed by atoms with van der Waals surface area (Å²) in [5, 5.41) is 2.68. The van der Waals surface area contributed by atoms with Crippen LogP contribution >= 0.6 is 11.3 Å². The second kappa shape index (κ2) is 7.46. The van der Waals surface area contributed by atoms with E-state index >= 15 is 0 Å². The fraction of sp³-hybridized carbons (Fsp3) is 0.200. The molecule has 0 spiro atoms. The van der Waals surface area contributed by atoms with E-state index in [9.17, 15) is 13.2 Å². The van der Waals surface area contributed by atoms with Crippen molar-refractivity contribution >= 4 is 33.0 Å². The van der Waals surface area contributed by atoms with Gasteiger partial charge >= 0.3 is 0 Å². The Morgan fingerprint density at radius 1 is 1.21 bits per heavy atom. The van der Waals surface area contributed by atoms with Crippen LogP contribution in [0.1, 0.15) is 26.6 Å². The molecule has 0 bridgehead atoms. The Bertz CT molecular complexity index is 1120. The number of carbonyl (C=O) groups is 1. The quantitative estimate of drug-likeness (QED) is 0.698. The van der Waals surface area contributed by atoms with Crippen LogP contribution in [-0.2, 0) is 22.9 Å². The highest BCUT2D eigenvalue weighted by atomic mass is 32.2. The number of nitrogens with zero attached hydrogens (tertiary/aromatic N) is 2. The Kier molecular flexibility index (Phi) is 5.01. The first kappa shape index (κ1) is 18.8. The van der Waals surface area contributed by atoms with Crippen LogP contribution in [0.5, 0.6) is 0 Å². The van der Waals surface area contributed by atoms with Crippen molar-refractivity contribution in [2.75, 3.05) is 18.5 Å². The van der Waals surface area contributed by atoms with Gasteiger partial charge in [0.2, 0.25) is 10.0 Å². The van der Waals surface area contributed by atoms with E-state index in [0.717, 1.165) is 21.8 Å². The van der Waals surface area contributed by atoms with Crippen molar-refractivity contribution in [3.05, 3.63) is 75.7 Å². The lowest BCUT2D eigenvalue weighted by Gasteiger charge is -2.16. The van der Waals surface area contributed by atoms with Crippen LogP contribution in [0.2, 0.25) is 0 Å². The lowest BCUT2D eigenvalue weighted by atomic mass is 10.2. The van der Waals surface area contributed by atoms with Crippen molar-refractivity contribution in [1.82, 2.24) is 9.71 Å². The lowest BCUT2D eigenvalue weighted by molar-refractivity contribution is 0.0985. The van der Waals surface area contributed by atoms with Gasteiger partial charge < -0.3 is 4.90 Å². The fourth-order valence-electron chi connectivity index (χ4n) is 3.27. The Morgan fingerprint density at radius 2 is 2.00 bits per heavy atom. The number of carbonyl (C=O) groups excluding carboxylic acids is 1. The number of sulfonamides is 1. The predicted octanol–water partition coefficient (Wildman–Crippen LogP) is 2.84. The standard InChI is InChI=1S/C20H19N3O3S2/c1-21-28(25,26)16-7-8-18-15(12-16)9-10-23(18)20(24)17-13-27-19(22-17)11-14-5-3-2-4-6-14/h2-8,12-13,21H,9-11H2,1H3. The van der Waals surface area contributed by atoms with Crippen LogP contribution in [0, 0.1) is 0 Å². The molecule has 4 rings (SSSR count). The monoisotopic (exact) mass is 413 g/mol. The molecule has 28 heavy (non-hydrogen) atoms. The summed E-state index contributed by atoms with van der Waals surface area (Å²) in [5.41, 5.74) is 3.18. The average Bonchev–Trinajstić information content (AvgIpc) is 3.35. The summed E-state index contributed by atoms with van der Waals surface area (Å²) in [5.74, 6) is -0.154. The minimum atomic E-state index is -3.50. The zero-order chi connectivity index (χ0) is 19.7. The van der Waals surface area contributed by atoms with Gasteiger partial charge in [-0.05, 0) is 42.8 Å². The summed E-state index contributed by atoms with van der Waals surface area (Å²) in [6, 6.07) is 14.9. The highest BCUT2D eigenvalue weighted by molar-refractivity contribution is 7.89. The third kappa shape index (κ3) is 3.58. The largest absolute Gasteiger partial charge is 0.306 e. The smallest absolute Gasteiger partial charge is 0.277 e. The molecule has 1 aliphatic rings. The SMILES string of the molecule is CNS(=O)(=O)c1ccc2c(c1)CCN2C(=O)c1csc(Cc2ccccc2)n1. The molecule has 0 fully saturated rings. The van der Waals surface area contributed by atoms with Crippen LogP contribution in [-0.4, -0.2) is 32.9 Å². The Morgan fingerprint density at radius 3 is 2.75 bits per heavy atom. The maximum atomic E-state index is 13.0. The number of amides is 1. The number of hydrogen-bond donors (Lipinski definition) is 1. The van der Waals surface area contributed by atoms with Crippen LogP contribution in [0.4, 0.5) is 5.69 Å². The molecule has 0 aliphatic carbocycles. The first-order valence-corrected chi connectivity index (χ1v) is 11.2. The van der Waals surface area contributed by atoms with E-state index in [1.165, 1.54) is 24.5 Å². The number of fused-ring (bicyclic) bond motifs is 1. The number of hydrogen-bond acceptors (Lipinski definition) is 5. The highest BCUT2D eigenvalue weighted by Gasteiger charge is 2.28. The zero-order valence-electron chi connectivity index (χ0n) is 15.3. The minimum absolute atomic E-state index is 0.154. The second-order valence-corrected chi connectivity index (χ2v) is 9.32. The van der Waals surface area contributed by atoms with E-state index in [0.29, 0.717) is 25.1 Å². The van der Waals surface area contributed by atoms with Crippen molar-refractivity contribution in [3.63, 3.8) is 0 Å². The van der Waals surface area contributed by atoms with Gasteiger partial charge in [-0.15, -0.1) is 11.3 Å². The van der Waals surface area contributed by atoms with Gasteiger partial charge in [0.25, 0.3) is 5.91 Å². The van der Waals surface area contributed by atoms with Gasteiger partial charge in [-0.1, -0.05) is 30.3 Å². The van der Waals surface area contributed by atoms with Crippen LogP contribution in [0.15, 0.2) is 58.8 Å². The first-order valence-electron chi connectivity index (χ1n) is 8.84. The summed E-state index contributed by atoms with van der Waals surface area (Å²) in [7, 11) is -2.12. The fourth-order valence-corrected chi connectivity index (χ4v) is 4.86. The predicted molar refractivity (Wildman–Crippen MR) is 109 cm³/mol. The molecule has 0 saturated carbocycles. The molecule has 1 aromatic heterocycles. The van der Waals surface area contributed by atoms with Gasteiger partial charge in [0, 0.05) is 24.0 Å². The van der Waals surface area contributed by atoms with E-state index in [2.05, 4.69) is 9.71 Å². The topological polar surface area (TPSA) is 79.4 Å². The number of nitrogens with one attached hydrogen (secondary N) is 1. The number of rotatable bonds is 5. The maximum absolute atomic E-state index is 13.0. The van der Waals surface area contributed by atoms with Crippen LogP contribution < -0.4 is 9.62 Å². The Hall–Kier alpha value is -2.55. The summed E-state index contributed by atoms with van der Waals surface area (Å²) in [6.45, 7) is 0.517. The third-order valence-electron chi connectivity index (χ3n) is 4.74. The molecule has 6 nitrogen and oxygen atoms in total. The summed E-state index contributed by atoms with van der Waals surface area (Å²) < 4.78 is 26.3. The van der Waals surface area contributed by atoms with Gasteiger partial charge in [0.05, 0.1) is 9.90 Å². The molecule has 3 aromatic rings. The van der Waals surface area contributed by atoms with E-state index in [1.54, 1.807) is 22.4 Å². The average molecular weight is 414 g/mol. The lowest BCUT2D eigenvalue weighted by Crippen LogP contribution is -2.29. The van der Waals surface area contributed by atoms with Crippen molar-refractivity contribution in [3.8, 4) is 0 Å². The molecule has 2 aromatic carbocycles. The molecular formula is C20H19N3O3S2. The summed E-state index contributed by atoms with van der Waals surface area (Å²) >= 11 is 1.48. The molecule has 8 heteroatoms. The van der Waals surface area contributed by atoms with Crippen LogP contribution in [0.3, 0.4) is 0 Å². The van der Waals surface area contributed by atoms with Gasteiger partial charge in [-0.2, -0.15) is 0 Å². The number of aromatic nitrogens is 1. The van der Waals surface area contributed by atoms with Gasteiger partial charge in [-0.3, -0.25) is 4.79 Å². The minimum Gasteiger partial charge on any atom is -0.306 e. The first-order chi connectivity index (χ1) is 13.5. The molecule has 0 atom stereocenters. The molecule has 144 valence electrons. The molecule has 1 amide bonds. The molecular weight excluding hydrogens is 394 g/mol. The Balaban J connectivity index is 1.55. The van der Waals surface area contributed by atoms with E-state index < -0.39 is 10.0 Å². The molecule has 1 N–H and O–H groups in total. The van der Waals surface area contributed by atoms with Gasteiger partial charge in [-0.25, -0.2) is 18.1 Å². The van der Waals surface area contributed by atoms with Gasteiger partial charge in [0.1, 0.15) is 5.69 Å². The molecule has 1 aliphatic heterocycles. The Labute approximate surface area is 167 Å². The summed E-state index contributed by atoms with van der Waals surface area (Å²) in [6.07, 6.45) is 1.32. The zero-order valence-corrected chi connectivity index (χ0v) is 16.9. The molecule has 2 heterocycles. The van der Waals surface area contributed by atoms with Gasteiger partial charge in [0.15, 0.2) is 0 Å². The number of thiazole rings is 1. The van der Waals surface area contributed by atoms with E-state index in [1.807, 2.05) is 30.3 Å². The summed E-state index contributed by atoms with van der Waals surface area (Å²) in [4.78, 5) is 19.4. The molecule has 0 saturated heterocycles. The van der Waals surface area contributed by atoms with Crippen molar-refractivity contribution in [2.45, 2.75) is 17.7 Å². The van der Waals surface area contributed by atoms with Crippen molar-refractivity contribution in [2.24, 2.45) is 0 Å². The van der Waals surface area contributed by atoms with E-state index in [-0.39, 0.29) is 10.8 Å². The van der Waals surface area contributed by atoms with Crippen LogP contribution in [0.25, 0.3) is 0 Å². The molecule has 0 radical (unpaired) electrons. The maximum Gasteiger partial charge on any atom is 0.277 e. The van der Waals surface area contributed by atoms with Crippen molar-refractivity contribution in [1.29, 1.82) is 0 Å². The van der Waals surface area contributed by atoms with Crippen molar-refractivity contribution < 1.29 is 13.2 Å². The number of benzene rings is 2. The third-order valence-corrected chi connectivity index (χ3v) is 7.00. The normalized spacial score (nSPS) is 13.5. The number of anilines is 1.